The molecule has 0 radical (unpaired) electrons. The van der Waals surface area contributed by atoms with E-state index >= 15 is 0 Å². The monoisotopic (exact) mass is 171 g/mol. The topological polar surface area (TPSA) is 32.6 Å². The molecule has 3 heteroatoms. The van der Waals surface area contributed by atoms with Crippen LogP contribution in [0.1, 0.15) is 13.3 Å². The molecule has 1 aliphatic rings. The Labute approximate surface area is 70.9 Å². The molecule has 60 valence electrons. The Morgan fingerprint density at radius 1 is 1.73 bits per heavy atom. The summed E-state index contributed by atoms with van der Waals surface area (Å²) in [6.07, 6.45) is 5.82. The lowest BCUT2D eigenvalue weighted by Gasteiger charge is -2.08. The number of aliphatic hydroxyl groups excluding tert-OH is 1. The summed E-state index contributed by atoms with van der Waals surface area (Å²) in [5.74, 6) is 0.429. The van der Waals surface area contributed by atoms with Crippen molar-refractivity contribution in [2.45, 2.75) is 13.3 Å². The zero-order chi connectivity index (χ0) is 8.27. The van der Waals surface area contributed by atoms with Gasteiger partial charge in [0.2, 0.25) is 0 Å². The van der Waals surface area contributed by atoms with Gasteiger partial charge in [-0.15, -0.1) is 0 Å². The van der Waals surface area contributed by atoms with Gasteiger partial charge in [-0.05, 0) is 6.42 Å². The number of nitrogens with zero attached hydrogens (tertiary/aromatic N) is 1. The third kappa shape index (κ3) is 2.39. The number of aliphatic imine (C=N–C) groups is 1. The molecule has 0 aliphatic carbocycles. The zero-order valence-electron chi connectivity index (χ0n) is 6.29. The third-order valence-corrected chi connectivity index (χ3v) is 1.77. The van der Waals surface area contributed by atoms with Gasteiger partial charge in [-0.25, -0.2) is 4.99 Å². The molecule has 2 nitrogen and oxygen atoms in total. The lowest BCUT2D eigenvalue weighted by Crippen LogP contribution is -2.00. The van der Waals surface area contributed by atoms with Gasteiger partial charge in [0.05, 0.1) is 5.76 Å². The van der Waals surface area contributed by atoms with Crippen LogP contribution in [0.3, 0.4) is 0 Å². The van der Waals surface area contributed by atoms with Crippen LogP contribution in [0.5, 0.6) is 0 Å². The van der Waals surface area contributed by atoms with Gasteiger partial charge >= 0.3 is 0 Å². The molecule has 0 saturated carbocycles. The van der Waals surface area contributed by atoms with E-state index in [0.717, 1.165) is 6.42 Å². The van der Waals surface area contributed by atoms with Crippen LogP contribution in [0, 0.1) is 5.92 Å². The summed E-state index contributed by atoms with van der Waals surface area (Å²) in [6.45, 7) is 1.94. The second kappa shape index (κ2) is 3.58. The minimum absolute atomic E-state index is 0.135. The molecular weight excluding hydrogens is 162 g/mol. The fourth-order valence-electron chi connectivity index (χ4n) is 0.811. The van der Waals surface area contributed by atoms with Crippen molar-refractivity contribution in [2.24, 2.45) is 10.9 Å². The Balaban J connectivity index is 2.86. The number of aliphatic hydroxyl groups is 1. The highest BCUT2D eigenvalue weighted by Crippen LogP contribution is 2.15. The minimum atomic E-state index is 0.135. The Morgan fingerprint density at radius 2 is 2.45 bits per heavy atom. The predicted octanol–water partition coefficient (Wildman–Crippen LogP) is 2.62. The van der Waals surface area contributed by atoms with Crippen molar-refractivity contribution in [3.8, 4) is 0 Å². The Morgan fingerprint density at radius 3 is 3.18 bits per heavy atom. The summed E-state index contributed by atoms with van der Waals surface area (Å²) in [4.78, 5) is 3.83. The fraction of sp³-hybridized carbons (Fsp3) is 0.375. The van der Waals surface area contributed by atoms with Crippen LogP contribution in [-0.2, 0) is 0 Å². The standard InChI is InChI=1S/C8H10ClNO/c1-6-3-2-4-10-8(9)5-7(6)11/h2,4-6,11H,3H2,1H3/b4-2+,7-5+,10-8+. The molecule has 1 rings (SSSR count). The molecule has 0 spiro atoms. The molecule has 0 bridgehead atoms. The van der Waals surface area contributed by atoms with Crippen molar-refractivity contribution in [1.82, 2.24) is 0 Å². The van der Waals surface area contributed by atoms with Gasteiger partial charge in [-0.3, -0.25) is 0 Å². The molecule has 0 aromatic heterocycles. The van der Waals surface area contributed by atoms with Crippen molar-refractivity contribution in [2.75, 3.05) is 0 Å². The number of rotatable bonds is 0. The number of allylic oxidation sites excluding steroid dienone is 3. The van der Waals surface area contributed by atoms with Crippen molar-refractivity contribution in [3.63, 3.8) is 0 Å². The lowest BCUT2D eigenvalue weighted by molar-refractivity contribution is 0.342. The molecule has 0 amide bonds. The summed E-state index contributed by atoms with van der Waals surface area (Å²) < 4.78 is 0. The maximum absolute atomic E-state index is 9.32. The van der Waals surface area contributed by atoms with Gasteiger partial charge in [0, 0.05) is 18.2 Å². The largest absolute Gasteiger partial charge is 0.512 e. The SMILES string of the molecule is CC1C/C=C/N=C(Cl)\C=C/1O. The Hall–Kier alpha value is -0.760. The predicted molar refractivity (Wildman–Crippen MR) is 46.9 cm³/mol. The van der Waals surface area contributed by atoms with Gasteiger partial charge in [0.25, 0.3) is 0 Å². The average molecular weight is 172 g/mol. The molecule has 0 saturated heterocycles. The molecule has 1 aliphatic heterocycles. The van der Waals surface area contributed by atoms with E-state index in [0.29, 0.717) is 10.9 Å². The Kier molecular flexibility index (Phi) is 2.71. The molecule has 0 fully saturated rings. The van der Waals surface area contributed by atoms with E-state index in [1.54, 1.807) is 6.20 Å². The maximum Gasteiger partial charge on any atom is 0.132 e. The highest BCUT2D eigenvalue weighted by Gasteiger charge is 2.07. The molecule has 0 aromatic carbocycles. The first-order valence-electron chi connectivity index (χ1n) is 3.49. The first kappa shape index (κ1) is 8.34. The molecule has 1 heterocycles. The highest BCUT2D eigenvalue weighted by molar-refractivity contribution is 6.68. The van der Waals surface area contributed by atoms with Gasteiger partial charge in [-0.2, -0.15) is 0 Å². The number of halogens is 1. The molecule has 1 atom stereocenters. The quantitative estimate of drug-likeness (QED) is 0.597. The van der Waals surface area contributed by atoms with E-state index in [2.05, 4.69) is 4.99 Å². The second-order valence-electron chi connectivity index (χ2n) is 2.54. The van der Waals surface area contributed by atoms with Crippen LogP contribution in [0.4, 0.5) is 0 Å². The second-order valence-corrected chi connectivity index (χ2v) is 2.93. The smallest absolute Gasteiger partial charge is 0.132 e. The maximum atomic E-state index is 9.32. The molecule has 1 unspecified atom stereocenters. The van der Waals surface area contributed by atoms with Gasteiger partial charge < -0.3 is 5.11 Å². The summed E-state index contributed by atoms with van der Waals surface area (Å²) >= 11 is 5.62. The van der Waals surface area contributed by atoms with Gasteiger partial charge in [0.15, 0.2) is 0 Å². The van der Waals surface area contributed by atoms with E-state index in [1.807, 2.05) is 13.0 Å². The van der Waals surface area contributed by atoms with Crippen molar-refractivity contribution >= 4 is 16.8 Å². The zero-order valence-corrected chi connectivity index (χ0v) is 7.04. The van der Waals surface area contributed by atoms with Gasteiger partial charge in [-0.1, -0.05) is 24.6 Å². The van der Waals surface area contributed by atoms with Crippen LogP contribution in [0.25, 0.3) is 0 Å². The van der Waals surface area contributed by atoms with Gasteiger partial charge in [0.1, 0.15) is 5.17 Å². The first-order valence-corrected chi connectivity index (χ1v) is 3.87. The molecule has 11 heavy (non-hydrogen) atoms. The van der Waals surface area contributed by atoms with Crippen molar-refractivity contribution < 1.29 is 5.11 Å². The minimum Gasteiger partial charge on any atom is -0.512 e. The summed E-state index contributed by atoms with van der Waals surface area (Å²) in [7, 11) is 0. The highest BCUT2D eigenvalue weighted by atomic mass is 35.5. The van der Waals surface area contributed by atoms with E-state index in [-0.39, 0.29) is 5.92 Å². The number of hydrogen-bond acceptors (Lipinski definition) is 2. The molecule has 1 N–H and O–H groups in total. The molecule has 0 aromatic rings. The molecular formula is C8H10ClNO. The summed E-state index contributed by atoms with van der Waals surface area (Å²) in [5.41, 5.74) is 0. The number of hydrogen-bond donors (Lipinski definition) is 1. The van der Waals surface area contributed by atoms with E-state index < -0.39 is 0 Å². The van der Waals surface area contributed by atoms with Crippen LogP contribution in [-0.4, -0.2) is 10.3 Å². The normalized spacial score (nSPS) is 37.5. The third-order valence-electron chi connectivity index (χ3n) is 1.56. The van der Waals surface area contributed by atoms with Crippen LogP contribution in [0.2, 0.25) is 0 Å². The fourth-order valence-corrected chi connectivity index (χ4v) is 0.979. The van der Waals surface area contributed by atoms with E-state index in [9.17, 15) is 5.11 Å². The Bertz CT molecular complexity index is 230. The van der Waals surface area contributed by atoms with Crippen LogP contribution >= 0.6 is 11.6 Å². The summed E-state index contributed by atoms with van der Waals surface area (Å²) in [6, 6.07) is 0. The van der Waals surface area contributed by atoms with E-state index in [4.69, 9.17) is 11.6 Å². The average Bonchev–Trinajstić information content (AvgIpc) is 1.95. The van der Waals surface area contributed by atoms with Crippen molar-refractivity contribution in [1.29, 1.82) is 0 Å². The van der Waals surface area contributed by atoms with Crippen molar-refractivity contribution in [3.05, 3.63) is 24.1 Å². The van der Waals surface area contributed by atoms with E-state index in [1.165, 1.54) is 6.08 Å². The van der Waals surface area contributed by atoms with Crippen LogP contribution in [0.15, 0.2) is 29.1 Å². The summed E-state index contributed by atoms with van der Waals surface area (Å²) in [5, 5.41) is 9.64. The first-order chi connectivity index (χ1) is 5.20. The lowest BCUT2D eigenvalue weighted by atomic mass is 10.1. The van der Waals surface area contributed by atoms with Crippen LogP contribution < -0.4 is 0 Å².